The minimum absolute atomic E-state index is 0.105. The fraction of sp³-hybridized carbons (Fsp3) is 0.895. The van der Waals surface area contributed by atoms with Gasteiger partial charge < -0.3 is 18.5 Å². The van der Waals surface area contributed by atoms with E-state index >= 15 is 0 Å². The number of unbranched alkanes of at least 4 members (excludes halogenated alkanes) is 8. The molecule has 0 aromatic rings. The number of carbonyl (C=O) groups excluding carboxylic acids is 1. The Hall–Kier alpha value is -0.160. The summed E-state index contributed by atoms with van der Waals surface area (Å²) >= 11 is 9.33. The van der Waals surface area contributed by atoms with E-state index in [1.54, 1.807) is 0 Å². The Morgan fingerprint density at radius 2 is 1.68 bits per heavy atom. The van der Waals surface area contributed by atoms with Crippen LogP contribution in [0.2, 0.25) is 0 Å². The smallest absolute Gasteiger partial charge is 0.305 e. The molecule has 2 atom stereocenters. The van der Waals surface area contributed by atoms with Gasteiger partial charge in [-0.2, -0.15) is 5.26 Å². The number of esters is 1. The number of ether oxygens (including phenoxy) is 2. The van der Waals surface area contributed by atoms with E-state index in [2.05, 4.69) is 19.2 Å². The molecule has 2 unspecified atom stereocenters. The van der Waals surface area contributed by atoms with Gasteiger partial charge >= 0.3 is 5.97 Å². The molecule has 0 amide bonds. The van der Waals surface area contributed by atoms with E-state index < -0.39 is 11.8 Å². The van der Waals surface area contributed by atoms with Crippen LogP contribution in [0.5, 0.6) is 0 Å². The van der Waals surface area contributed by atoms with Gasteiger partial charge in [-0.15, -0.1) is 0 Å². The van der Waals surface area contributed by atoms with Gasteiger partial charge in [-0.3, -0.25) is 4.79 Å². The summed E-state index contributed by atoms with van der Waals surface area (Å²) in [5.41, 5.74) is -2.72. The minimum Gasteiger partial charge on any atom is -0.463 e. The molecule has 0 heterocycles. The molecule has 0 radical (unpaired) electrons. The van der Waals surface area contributed by atoms with E-state index in [-0.39, 0.29) is 32.2 Å². The summed E-state index contributed by atoms with van der Waals surface area (Å²) in [4.78, 5) is 11.8. The zero-order valence-electron chi connectivity index (χ0n) is 17.3. The van der Waals surface area contributed by atoms with Crippen molar-refractivity contribution in [3.8, 4) is 6.07 Å². The van der Waals surface area contributed by atoms with Crippen molar-refractivity contribution in [2.24, 2.45) is 0 Å². The van der Waals surface area contributed by atoms with Crippen LogP contribution in [-0.4, -0.2) is 39.0 Å². The maximum Gasteiger partial charge on any atom is 0.305 e. The molecule has 0 aliphatic rings. The molecule has 9 heteroatoms. The third kappa shape index (κ3) is 17.9. The number of rotatable bonds is 19. The Morgan fingerprint density at radius 1 is 1.07 bits per heavy atom. The van der Waals surface area contributed by atoms with Gasteiger partial charge in [-0.1, -0.05) is 70.5 Å². The second-order valence-corrected chi connectivity index (χ2v) is 11.9. The van der Waals surface area contributed by atoms with E-state index in [1.165, 1.54) is 52.1 Å². The van der Waals surface area contributed by atoms with Gasteiger partial charge in [0.15, 0.2) is 0 Å². The van der Waals surface area contributed by atoms with Crippen LogP contribution in [0, 0.1) is 11.3 Å². The van der Waals surface area contributed by atoms with Gasteiger partial charge in [0.2, 0.25) is 5.69 Å². The first-order valence-corrected chi connectivity index (χ1v) is 13.9. The third-order valence-electron chi connectivity index (χ3n) is 4.14. The Labute approximate surface area is 181 Å². The van der Waals surface area contributed by atoms with Crippen LogP contribution in [0.4, 0.5) is 0 Å². The molecule has 0 aromatic heterocycles. The molecule has 0 aromatic carbocycles. The monoisotopic (exact) mass is 453 g/mol. The highest BCUT2D eigenvalue weighted by atomic mass is 32.9. The number of methoxy groups -OCH3 is 1. The van der Waals surface area contributed by atoms with Crippen molar-refractivity contribution < 1.29 is 23.3 Å². The predicted octanol–water partition coefficient (Wildman–Crippen LogP) is 5.57. The Morgan fingerprint density at radius 3 is 2.25 bits per heavy atom. The van der Waals surface area contributed by atoms with Crippen LogP contribution in [0.3, 0.4) is 0 Å². The molecule has 0 saturated carbocycles. The van der Waals surface area contributed by atoms with Gasteiger partial charge in [0.1, 0.15) is 12.7 Å². The summed E-state index contributed by atoms with van der Waals surface area (Å²) in [5, 5.41) is 8.50. The standard InChI is InChI=1S/C19H36NO5PS2/c1-3-4-5-6-7-8-9-10-11-13-19(21)23-16-18(22-2)17-25-26(27,28)24-15-12-14-20/h18H,3-13,15-17H2,1-2H3,(H,27,28). The second-order valence-electron chi connectivity index (χ2n) is 6.62. The normalized spacial score (nSPS) is 14.2. The van der Waals surface area contributed by atoms with Crippen LogP contribution in [0.1, 0.15) is 77.6 Å². The molecule has 0 spiro atoms. The van der Waals surface area contributed by atoms with Crippen molar-refractivity contribution in [1.82, 2.24) is 0 Å². The molecule has 28 heavy (non-hydrogen) atoms. The fourth-order valence-corrected chi connectivity index (χ4v) is 4.05. The number of hydrogen-bond donors (Lipinski definition) is 1. The summed E-state index contributed by atoms with van der Waals surface area (Å²) in [6.45, 7) is 2.63. The lowest BCUT2D eigenvalue weighted by Crippen LogP contribution is -2.25. The SMILES string of the molecule is CCCCCCCCCCCC(=O)OCC(COP(=S)(S)OCCC#N)OC. The largest absolute Gasteiger partial charge is 0.463 e. The van der Waals surface area contributed by atoms with Crippen LogP contribution < -0.4 is 0 Å². The van der Waals surface area contributed by atoms with Crippen molar-refractivity contribution >= 4 is 35.7 Å². The van der Waals surface area contributed by atoms with E-state index in [0.717, 1.165) is 12.8 Å². The quantitative estimate of drug-likeness (QED) is 0.119. The van der Waals surface area contributed by atoms with Crippen molar-refractivity contribution in [2.75, 3.05) is 26.9 Å². The summed E-state index contributed by atoms with van der Waals surface area (Å²) in [5.74, 6) is -0.222. The zero-order valence-corrected chi connectivity index (χ0v) is 19.9. The Balaban J connectivity index is 3.76. The van der Waals surface area contributed by atoms with Crippen molar-refractivity contribution in [3.63, 3.8) is 0 Å². The van der Waals surface area contributed by atoms with E-state index in [4.69, 9.17) is 35.6 Å². The summed E-state index contributed by atoms with van der Waals surface area (Å²) in [7, 11) is 1.51. The van der Waals surface area contributed by atoms with Crippen molar-refractivity contribution in [3.05, 3.63) is 0 Å². The van der Waals surface area contributed by atoms with E-state index in [0.29, 0.717) is 6.42 Å². The second kappa shape index (κ2) is 18.8. The van der Waals surface area contributed by atoms with E-state index in [1.807, 2.05) is 6.07 Å². The molecule has 6 nitrogen and oxygen atoms in total. The van der Waals surface area contributed by atoms with Crippen molar-refractivity contribution in [1.29, 1.82) is 5.26 Å². The first kappa shape index (κ1) is 27.8. The average molecular weight is 454 g/mol. The van der Waals surface area contributed by atoms with Gasteiger partial charge in [0.25, 0.3) is 0 Å². The van der Waals surface area contributed by atoms with Gasteiger partial charge in [-0.05, 0) is 18.2 Å². The lowest BCUT2D eigenvalue weighted by Gasteiger charge is -2.20. The lowest BCUT2D eigenvalue weighted by molar-refractivity contribution is -0.148. The van der Waals surface area contributed by atoms with Crippen molar-refractivity contribution in [2.45, 2.75) is 83.7 Å². The molecule has 0 bridgehead atoms. The molecule has 0 saturated heterocycles. The highest BCUT2D eigenvalue weighted by Crippen LogP contribution is 2.53. The molecule has 164 valence electrons. The maximum atomic E-state index is 11.8. The Bertz CT molecular complexity index is 487. The topological polar surface area (TPSA) is 77.8 Å². The van der Waals surface area contributed by atoms with Gasteiger partial charge in [0.05, 0.1) is 25.7 Å². The number of thiol groups is 1. The summed E-state index contributed by atoms with van der Waals surface area (Å²) in [6.07, 6.45) is 11.1. The van der Waals surface area contributed by atoms with Crippen LogP contribution >= 0.6 is 17.9 Å². The minimum atomic E-state index is -2.72. The molecule has 0 N–H and O–H groups in total. The number of hydrogen-bond acceptors (Lipinski definition) is 7. The molecule has 0 aliphatic heterocycles. The van der Waals surface area contributed by atoms with Crippen LogP contribution in [0.25, 0.3) is 0 Å². The van der Waals surface area contributed by atoms with E-state index in [9.17, 15) is 4.79 Å². The highest BCUT2D eigenvalue weighted by molar-refractivity contribution is 8.60. The third-order valence-corrected chi connectivity index (χ3v) is 6.45. The molecule has 0 rings (SSSR count). The Kier molecular flexibility index (Phi) is 18.7. The average Bonchev–Trinajstić information content (AvgIpc) is 2.67. The van der Waals surface area contributed by atoms with Gasteiger partial charge in [-0.25, -0.2) is 0 Å². The molecule has 0 fully saturated rings. The fourth-order valence-electron chi connectivity index (χ4n) is 2.44. The van der Waals surface area contributed by atoms with Gasteiger partial charge in [0, 0.05) is 13.5 Å². The lowest BCUT2D eigenvalue weighted by atomic mass is 10.1. The van der Waals surface area contributed by atoms with Crippen LogP contribution in [0.15, 0.2) is 0 Å². The predicted molar refractivity (Wildman–Crippen MR) is 119 cm³/mol. The first-order chi connectivity index (χ1) is 13.4. The first-order valence-electron chi connectivity index (χ1n) is 10.1. The number of carbonyl (C=O) groups is 1. The highest BCUT2D eigenvalue weighted by Gasteiger charge is 2.18. The maximum absolute atomic E-state index is 11.8. The summed E-state index contributed by atoms with van der Waals surface area (Å²) < 4.78 is 21.3. The van der Waals surface area contributed by atoms with Crippen LogP contribution in [-0.2, 0) is 35.1 Å². The summed E-state index contributed by atoms with van der Waals surface area (Å²) in [6, 6.07) is 1.96. The molecular weight excluding hydrogens is 417 g/mol. The zero-order chi connectivity index (χ0) is 21.1. The molecular formula is C19H36NO5PS2. The molecule has 0 aliphatic carbocycles. The number of nitrogens with zero attached hydrogens (tertiary/aromatic N) is 1. The number of nitriles is 1.